The molecular formula is C17H19ClN2O2. The Hall–Kier alpha value is -1.81. The maximum absolute atomic E-state index is 12.9. The molecule has 4 nitrogen and oxygen atoms in total. The number of fused-ring (bicyclic) bond motifs is 1. The van der Waals surface area contributed by atoms with Gasteiger partial charge in [-0.2, -0.15) is 0 Å². The fourth-order valence-electron chi connectivity index (χ4n) is 3.44. The van der Waals surface area contributed by atoms with Crippen molar-refractivity contribution in [2.24, 2.45) is 0 Å². The van der Waals surface area contributed by atoms with E-state index in [9.17, 15) is 9.90 Å². The molecule has 1 aromatic heterocycles. The number of hydrogen-bond acceptors (Lipinski definition) is 3. The van der Waals surface area contributed by atoms with E-state index in [1.807, 2.05) is 6.07 Å². The number of aromatic nitrogens is 1. The molecule has 1 aliphatic carbocycles. The van der Waals surface area contributed by atoms with Crippen molar-refractivity contribution in [1.29, 1.82) is 5.41 Å². The third-order valence-electron chi connectivity index (χ3n) is 4.47. The van der Waals surface area contributed by atoms with Crippen molar-refractivity contribution in [1.82, 2.24) is 4.57 Å². The van der Waals surface area contributed by atoms with Crippen LogP contribution < -0.4 is 5.56 Å². The van der Waals surface area contributed by atoms with E-state index < -0.39 is 0 Å². The maximum Gasteiger partial charge on any atom is 0.264 e. The van der Waals surface area contributed by atoms with Crippen LogP contribution in [0.5, 0.6) is 5.75 Å². The highest BCUT2D eigenvalue weighted by Crippen LogP contribution is 2.36. The Kier molecular flexibility index (Phi) is 3.96. The molecule has 2 N–H and O–H groups in total. The molecule has 0 spiro atoms. The van der Waals surface area contributed by atoms with Crippen molar-refractivity contribution in [3.05, 3.63) is 39.1 Å². The predicted octanol–water partition coefficient (Wildman–Crippen LogP) is 4.25. The fourth-order valence-corrected chi connectivity index (χ4v) is 3.70. The normalized spacial score (nSPS) is 16.1. The third-order valence-corrected chi connectivity index (χ3v) is 4.79. The molecule has 3 rings (SSSR count). The van der Waals surface area contributed by atoms with Gasteiger partial charge in [-0.25, -0.2) is 0 Å². The highest BCUT2D eigenvalue weighted by Gasteiger charge is 2.24. The van der Waals surface area contributed by atoms with Gasteiger partial charge in [0.2, 0.25) is 0 Å². The van der Waals surface area contributed by atoms with Crippen LogP contribution in [-0.4, -0.2) is 15.4 Å². The summed E-state index contributed by atoms with van der Waals surface area (Å²) in [6, 6.07) is 5.42. The van der Waals surface area contributed by atoms with E-state index in [1.165, 1.54) is 13.3 Å². The average molecular weight is 319 g/mol. The minimum absolute atomic E-state index is 0.0613. The van der Waals surface area contributed by atoms with Crippen LogP contribution >= 0.6 is 11.6 Å². The van der Waals surface area contributed by atoms with Crippen molar-refractivity contribution in [2.75, 3.05) is 0 Å². The molecular weight excluding hydrogens is 300 g/mol. The smallest absolute Gasteiger partial charge is 0.264 e. The molecule has 1 heterocycles. The molecule has 22 heavy (non-hydrogen) atoms. The second-order valence-electron chi connectivity index (χ2n) is 5.95. The molecule has 1 aliphatic rings. The Labute approximate surface area is 133 Å². The first-order valence-electron chi connectivity index (χ1n) is 7.63. The minimum Gasteiger partial charge on any atom is -0.506 e. The first-order valence-corrected chi connectivity index (χ1v) is 8.01. The van der Waals surface area contributed by atoms with Crippen molar-refractivity contribution in [2.45, 2.75) is 45.1 Å². The number of rotatable bonds is 2. The molecule has 0 radical (unpaired) electrons. The zero-order valence-electron chi connectivity index (χ0n) is 12.5. The Morgan fingerprint density at radius 2 is 2.00 bits per heavy atom. The standard InChI is InChI=1S/C17H19ClN2O2/c1-10(19)14-16(21)15-12(18)8-5-9-13(15)20(17(14)22)11-6-3-2-4-7-11/h5,8-9,11,19,21H,2-4,6-7H2,1H3. The molecule has 0 amide bonds. The molecule has 0 atom stereocenters. The van der Waals surface area contributed by atoms with E-state index >= 15 is 0 Å². The van der Waals surface area contributed by atoms with Gasteiger partial charge in [0.1, 0.15) is 11.3 Å². The first kappa shape index (κ1) is 15.1. The van der Waals surface area contributed by atoms with Crippen LogP contribution in [0.3, 0.4) is 0 Å². The van der Waals surface area contributed by atoms with Crippen LogP contribution in [0.2, 0.25) is 5.02 Å². The zero-order chi connectivity index (χ0) is 15.9. The van der Waals surface area contributed by atoms with Crippen LogP contribution in [0.25, 0.3) is 10.9 Å². The van der Waals surface area contributed by atoms with Gasteiger partial charge < -0.3 is 15.1 Å². The highest BCUT2D eigenvalue weighted by atomic mass is 35.5. The number of nitrogens with one attached hydrogen (secondary N) is 1. The molecule has 0 unspecified atom stereocenters. The second-order valence-corrected chi connectivity index (χ2v) is 6.36. The number of halogens is 1. The van der Waals surface area contributed by atoms with Gasteiger partial charge in [0.15, 0.2) is 0 Å². The number of hydrogen-bond donors (Lipinski definition) is 2. The van der Waals surface area contributed by atoms with Gasteiger partial charge >= 0.3 is 0 Å². The first-order chi connectivity index (χ1) is 10.5. The van der Waals surface area contributed by atoms with E-state index in [-0.39, 0.29) is 28.6 Å². The monoisotopic (exact) mass is 318 g/mol. The van der Waals surface area contributed by atoms with Gasteiger partial charge in [0.25, 0.3) is 5.56 Å². The Bertz CT molecular complexity index is 804. The van der Waals surface area contributed by atoms with E-state index in [0.717, 1.165) is 25.7 Å². The summed E-state index contributed by atoms with van der Waals surface area (Å²) in [5.74, 6) is -0.176. The van der Waals surface area contributed by atoms with Gasteiger partial charge in [-0.15, -0.1) is 0 Å². The largest absolute Gasteiger partial charge is 0.506 e. The molecule has 1 fully saturated rings. The Morgan fingerprint density at radius 1 is 1.32 bits per heavy atom. The summed E-state index contributed by atoms with van der Waals surface area (Å²) < 4.78 is 1.74. The number of aromatic hydroxyl groups is 1. The lowest BCUT2D eigenvalue weighted by Crippen LogP contribution is -2.30. The molecule has 116 valence electrons. The predicted molar refractivity (Wildman–Crippen MR) is 89.5 cm³/mol. The van der Waals surface area contributed by atoms with Crippen molar-refractivity contribution in [3.63, 3.8) is 0 Å². The van der Waals surface area contributed by atoms with Gasteiger partial charge in [0.05, 0.1) is 15.9 Å². The van der Waals surface area contributed by atoms with Crippen LogP contribution in [0.15, 0.2) is 23.0 Å². The summed E-state index contributed by atoms with van der Waals surface area (Å²) in [4.78, 5) is 12.9. The molecule has 0 bridgehead atoms. The summed E-state index contributed by atoms with van der Waals surface area (Å²) in [7, 11) is 0. The molecule has 1 saturated carbocycles. The van der Waals surface area contributed by atoms with Gasteiger partial charge in [0, 0.05) is 11.8 Å². The third kappa shape index (κ3) is 2.31. The Balaban J connectivity index is 2.41. The summed E-state index contributed by atoms with van der Waals surface area (Å²) in [5, 5.41) is 19.2. The Morgan fingerprint density at radius 3 is 2.64 bits per heavy atom. The van der Waals surface area contributed by atoms with Crippen LogP contribution in [0.4, 0.5) is 0 Å². The topological polar surface area (TPSA) is 66.1 Å². The van der Waals surface area contributed by atoms with E-state index in [1.54, 1.807) is 16.7 Å². The van der Waals surface area contributed by atoms with E-state index in [4.69, 9.17) is 17.0 Å². The van der Waals surface area contributed by atoms with E-state index in [0.29, 0.717) is 15.9 Å². The minimum atomic E-state index is -0.285. The lowest BCUT2D eigenvalue weighted by Gasteiger charge is -2.26. The quantitative estimate of drug-likeness (QED) is 0.813. The summed E-state index contributed by atoms with van der Waals surface area (Å²) in [5.41, 5.74) is 0.499. The molecule has 1 aromatic carbocycles. The lowest BCUT2D eigenvalue weighted by atomic mass is 9.94. The number of benzene rings is 1. The number of nitrogens with zero attached hydrogens (tertiary/aromatic N) is 1. The van der Waals surface area contributed by atoms with Crippen molar-refractivity contribution in [3.8, 4) is 5.75 Å². The maximum atomic E-state index is 12.9. The summed E-state index contributed by atoms with van der Waals surface area (Å²) in [6.45, 7) is 1.52. The summed E-state index contributed by atoms with van der Waals surface area (Å²) in [6.07, 6.45) is 5.28. The molecule has 5 heteroatoms. The van der Waals surface area contributed by atoms with Gasteiger partial charge in [-0.1, -0.05) is 36.9 Å². The van der Waals surface area contributed by atoms with Gasteiger partial charge in [-0.05, 0) is 31.9 Å². The summed E-state index contributed by atoms with van der Waals surface area (Å²) >= 11 is 6.26. The molecule has 2 aromatic rings. The van der Waals surface area contributed by atoms with Crippen molar-refractivity contribution >= 4 is 28.2 Å². The van der Waals surface area contributed by atoms with Crippen LogP contribution in [0, 0.1) is 5.41 Å². The molecule has 0 aliphatic heterocycles. The SMILES string of the molecule is CC(=N)c1c(O)c2c(Cl)cccc2n(C2CCCCC2)c1=O. The van der Waals surface area contributed by atoms with Crippen LogP contribution in [-0.2, 0) is 0 Å². The van der Waals surface area contributed by atoms with Crippen LogP contribution in [0.1, 0.15) is 50.6 Å². The van der Waals surface area contributed by atoms with Crippen molar-refractivity contribution < 1.29 is 5.11 Å². The fraction of sp³-hybridized carbons (Fsp3) is 0.412. The molecule has 0 saturated heterocycles. The lowest BCUT2D eigenvalue weighted by molar-refractivity contribution is 0.353. The second kappa shape index (κ2) is 5.76. The van der Waals surface area contributed by atoms with E-state index in [2.05, 4.69) is 0 Å². The van der Waals surface area contributed by atoms with Gasteiger partial charge in [-0.3, -0.25) is 4.79 Å². The highest BCUT2D eigenvalue weighted by molar-refractivity contribution is 6.36. The average Bonchev–Trinajstić information content (AvgIpc) is 2.47. The number of pyridine rings is 1. The zero-order valence-corrected chi connectivity index (χ0v) is 13.3.